The van der Waals surface area contributed by atoms with Gasteiger partial charge < -0.3 is 11.1 Å². The normalized spacial score (nSPS) is 9.75. The van der Waals surface area contributed by atoms with Crippen molar-refractivity contribution >= 4 is 23.3 Å². The molecule has 0 saturated carbocycles. The minimum Gasteiger partial charge on any atom is -0.368 e. The number of rotatable bonds is 2. The van der Waals surface area contributed by atoms with E-state index >= 15 is 0 Å². The number of hydrogen-bond donors (Lipinski definition) is 2. The monoisotopic (exact) mass is 185 g/mol. The third-order valence-electron chi connectivity index (χ3n) is 1.29. The van der Waals surface area contributed by atoms with Crippen LogP contribution < -0.4 is 11.1 Å². The van der Waals surface area contributed by atoms with Crippen LogP contribution in [-0.2, 0) is 0 Å². The van der Waals surface area contributed by atoms with E-state index in [4.69, 9.17) is 18.0 Å². The molecule has 0 saturated heterocycles. The average molecular weight is 185 g/mol. The molecule has 0 bridgehead atoms. The summed E-state index contributed by atoms with van der Waals surface area (Å²) in [6, 6.07) is 0. The molecule has 1 aromatic heterocycles. The molecule has 0 unspecified atom stereocenters. The first kappa shape index (κ1) is 8.92. The molecule has 5 nitrogen and oxygen atoms in total. The Morgan fingerprint density at radius 3 is 3.08 bits per heavy atom. The van der Waals surface area contributed by atoms with E-state index in [1.54, 1.807) is 0 Å². The molecule has 0 aliphatic heterocycles. The van der Waals surface area contributed by atoms with Gasteiger partial charge in [0.25, 0.3) is 0 Å². The maximum absolute atomic E-state index is 5.48. The summed E-state index contributed by atoms with van der Waals surface area (Å²) in [5.41, 5.74) is 5.48. The molecular weight excluding hydrogens is 174 g/mol. The lowest BCUT2D eigenvalue weighted by Crippen LogP contribution is -2.30. The van der Waals surface area contributed by atoms with Crippen LogP contribution in [0.2, 0.25) is 0 Å². The summed E-state index contributed by atoms with van der Waals surface area (Å²) in [6.07, 6.45) is 2.38. The fourth-order valence-corrected chi connectivity index (χ4v) is 0.956. The first-order chi connectivity index (χ1) is 5.75. The summed E-state index contributed by atoms with van der Waals surface area (Å²) in [4.78, 5) is 3.75. The molecule has 1 heterocycles. The van der Waals surface area contributed by atoms with Crippen LogP contribution in [0.1, 0.15) is 13.3 Å². The molecule has 1 rings (SSSR count). The number of nitrogen functional groups attached to an aromatic ring is 1. The zero-order valence-electron chi connectivity index (χ0n) is 6.82. The molecule has 0 aliphatic carbocycles. The number of hydrogen-bond acceptors (Lipinski definition) is 4. The quantitative estimate of drug-likeness (QED) is 0.634. The Morgan fingerprint density at radius 1 is 1.83 bits per heavy atom. The molecular formula is C6H11N5S. The second-order valence-corrected chi connectivity index (χ2v) is 2.65. The van der Waals surface area contributed by atoms with Gasteiger partial charge in [0.1, 0.15) is 6.33 Å². The first-order valence-electron chi connectivity index (χ1n) is 3.69. The van der Waals surface area contributed by atoms with Crippen molar-refractivity contribution in [2.24, 2.45) is 0 Å². The van der Waals surface area contributed by atoms with Crippen LogP contribution in [0.3, 0.4) is 0 Å². The van der Waals surface area contributed by atoms with E-state index in [1.165, 1.54) is 11.0 Å². The van der Waals surface area contributed by atoms with Crippen LogP contribution in [0.25, 0.3) is 0 Å². The summed E-state index contributed by atoms with van der Waals surface area (Å²) in [7, 11) is 0. The minimum absolute atomic E-state index is 0.309. The smallest absolute Gasteiger partial charge is 0.225 e. The Hall–Kier alpha value is -1.17. The van der Waals surface area contributed by atoms with Crippen molar-refractivity contribution in [1.82, 2.24) is 20.1 Å². The lowest BCUT2D eigenvalue weighted by molar-refractivity contribution is 0.803. The Labute approximate surface area is 76.0 Å². The van der Waals surface area contributed by atoms with E-state index in [2.05, 4.69) is 22.3 Å². The van der Waals surface area contributed by atoms with Crippen LogP contribution in [0.15, 0.2) is 6.33 Å². The van der Waals surface area contributed by atoms with E-state index in [1.807, 2.05) is 0 Å². The zero-order valence-corrected chi connectivity index (χ0v) is 7.64. The number of thiocarbonyl (C=S) groups is 1. The molecule has 12 heavy (non-hydrogen) atoms. The van der Waals surface area contributed by atoms with Crippen LogP contribution >= 0.6 is 12.2 Å². The largest absolute Gasteiger partial charge is 0.368 e. The SMILES string of the molecule is CCCNC(=S)n1ncnc1N. The predicted molar refractivity (Wildman–Crippen MR) is 50.7 cm³/mol. The Balaban J connectivity index is 2.59. The van der Waals surface area contributed by atoms with E-state index in [0.717, 1.165) is 13.0 Å². The predicted octanol–water partition coefficient (Wildman–Crippen LogP) is -0.00710. The molecule has 6 heteroatoms. The van der Waals surface area contributed by atoms with Gasteiger partial charge in [0, 0.05) is 6.54 Å². The second kappa shape index (κ2) is 4.01. The highest BCUT2D eigenvalue weighted by atomic mass is 32.1. The average Bonchev–Trinajstić information content (AvgIpc) is 2.47. The molecule has 0 amide bonds. The number of nitrogens with two attached hydrogens (primary N) is 1. The van der Waals surface area contributed by atoms with Crippen LogP contribution in [-0.4, -0.2) is 26.4 Å². The fourth-order valence-electron chi connectivity index (χ4n) is 0.714. The summed E-state index contributed by atoms with van der Waals surface area (Å²) in [6.45, 7) is 2.87. The summed E-state index contributed by atoms with van der Waals surface area (Å²) < 4.78 is 1.39. The molecule has 0 fully saturated rings. The van der Waals surface area contributed by atoms with Crippen molar-refractivity contribution in [2.45, 2.75) is 13.3 Å². The van der Waals surface area contributed by atoms with Crippen molar-refractivity contribution in [3.63, 3.8) is 0 Å². The highest BCUT2D eigenvalue weighted by Gasteiger charge is 2.03. The lowest BCUT2D eigenvalue weighted by Gasteiger charge is -2.05. The van der Waals surface area contributed by atoms with Gasteiger partial charge in [-0.25, -0.2) is 0 Å². The van der Waals surface area contributed by atoms with Crippen LogP contribution in [0.5, 0.6) is 0 Å². The van der Waals surface area contributed by atoms with Gasteiger partial charge in [-0.15, -0.1) is 0 Å². The number of anilines is 1. The lowest BCUT2D eigenvalue weighted by atomic mass is 10.5. The van der Waals surface area contributed by atoms with Gasteiger partial charge in [-0.05, 0) is 18.6 Å². The third-order valence-corrected chi connectivity index (χ3v) is 1.61. The van der Waals surface area contributed by atoms with Gasteiger partial charge in [-0.2, -0.15) is 14.8 Å². The van der Waals surface area contributed by atoms with Crippen molar-refractivity contribution in [1.29, 1.82) is 0 Å². The highest BCUT2D eigenvalue weighted by molar-refractivity contribution is 7.80. The molecule has 0 aliphatic rings. The van der Waals surface area contributed by atoms with Crippen molar-refractivity contribution in [2.75, 3.05) is 12.3 Å². The second-order valence-electron chi connectivity index (χ2n) is 2.26. The standard InChI is InChI=1S/C6H11N5S/c1-2-3-8-6(12)11-5(7)9-4-10-11/h4H,2-3H2,1H3,(H,8,12)(H2,7,9,10). The van der Waals surface area contributed by atoms with Crippen molar-refractivity contribution < 1.29 is 0 Å². The maximum atomic E-state index is 5.48. The van der Waals surface area contributed by atoms with Gasteiger partial charge in [-0.3, -0.25) is 0 Å². The molecule has 0 radical (unpaired) electrons. The fraction of sp³-hybridized carbons (Fsp3) is 0.500. The molecule has 1 aromatic rings. The number of nitrogens with zero attached hydrogens (tertiary/aromatic N) is 3. The Morgan fingerprint density at radius 2 is 2.58 bits per heavy atom. The number of aromatic nitrogens is 3. The molecule has 0 aromatic carbocycles. The van der Waals surface area contributed by atoms with Crippen molar-refractivity contribution in [3.05, 3.63) is 6.33 Å². The summed E-state index contributed by atoms with van der Waals surface area (Å²) >= 11 is 5.00. The van der Waals surface area contributed by atoms with E-state index in [9.17, 15) is 0 Å². The zero-order chi connectivity index (χ0) is 8.97. The van der Waals surface area contributed by atoms with Gasteiger partial charge in [0.2, 0.25) is 5.95 Å². The molecule has 3 N–H and O–H groups in total. The Kier molecular flexibility index (Phi) is 2.98. The number of nitrogens with one attached hydrogen (secondary N) is 1. The molecule has 66 valence electrons. The minimum atomic E-state index is 0.309. The highest BCUT2D eigenvalue weighted by Crippen LogP contribution is 1.92. The summed E-state index contributed by atoms with van der Waals surface area (Å²) in [5.74, 6) is 0.309. The third kappa shape index (κ3) is 1.91. The van der Waals surface area contributed by atoms with Gasteiger partial charge >= 0.3 is 0 Å². The van der Waals surface area contributed by atoms with Gasteiger partial charge in [-0.1, -0.05) is 6.92 Å². The van der Waals surface area contributed by atoms with E-state index in [0.29, 0.717) is 11.1 Å². The summed E-state index contributed by atoms with van der Waals surface area (Å²) in [5, 5.41) is 7.33. The van der Waals surface area contributed by atoms with E-state index < -0.39 is 0 Å². The topological polar surface area (TPSA) is 68.8 Å². The maximum Gasteiger partial charge on any atom is 0.225 e. The Bertz CT molecular complexity index is 269. The van der Waals surface area contributed by atoms with Crippen LogP contribution in [0, 0.1) is 0 Å². The van der Waals surface area contributed by atoms with Gasteiger partial charge in [0.15, 0.2) is 5.11 Å². The van der Waals surface area contributed by atoms with Gasteiger partial charge in [0.05, 0.1) is 0 Å². The van der Waals surface area contributed by atoms with Crippen LogP contribution in [0.4, 0.5) is 5.95 Å². The van der Waals surface area contributed by atoms with E-state index in [-0.39, 0.29) is 0 Å². The van der Waals surface area contributed by atoms with Crippen molar-refractivity contribution in [3.8, 4) is 0 Å². The molecule has 0 spiro atoms. The first-order valence-corrected chi connectivity index (χ1v) is 4.10. The molecule has 0 atom stereocenters.